The van der Waals surface area contributed by atoms with Gasteiger partial charge < -0.3 is 5.32 Å². The molecule has 3 N–H and O–H groups in total. The molecule has 80 valence electrons. The molecule has 0 aromatic rings. The van der Waals surface area contributed by atoms with Gasteiger partial charge in [0.2, 0.25) is 5.91 Å². The Bertz CT molecular complexity index is 338. The number of nitrogens with zero attached hydrogens (tertiary/aromatic N) is 1. The largest absolute Gasteiger partial charge is 0.309 e. The second kappa shape index (κ2) is 3.43. The molecule has 3 aliphatic heterocycles. The lowest BCUT2D eigenvalue weighted by Crippen LogP contribution is -2.55. The molecule has 5 heteroatoms. The fourth-order valence-electron chi connectivity index (χ4n) is 2.66. The van der Waals surface area contributed by atoms with Gasteiger partial charge in [-0.3, -0.25) is 15.2 Å². The summed E-state index contributed by atoms with van der Waals surface area (Å²) in [4.78, 5) is 15.7. The number of fused-ring (bicyclic) bond motifs is 3. The maximum atomic E-state index is 11.5. The monoisotopic (exact) mass is 206 g/mol. The predicted octanol–water partition coefficient (Wildman–Crippen LogP) is -0.818. The van der Waals surface area contributed by atoms with E-state index in [-0.39, 0.29) is 17.9 Å². The first kappa shape index (κ1) is 9.06. The molecule has 0 aromatic carbocycles. The van der Waals surface area contributed by atoms with Gasteiger partial charge in [-0.2, -0.15) is 0 Å². The maximum Gasteiger partial charge on any atom is 0.240 e. The van der Waals surface area contributed by atoms with Crippen molar-refractivity contribution in [3.05, 3.63) is 12.3 Å². The van der Waals surface area contributed by atoms with Crippen LogP contribution in [0.15, 0.2) is 17.3 Å². The van der Waals surface area contributed by atoms with E-state index >= 15 is 0 Å². The van der Waals surface area contributed by atoms with E-state index in [2.05, 4.69) is 27.2 Å². The summed E-state index contributed by atoms with van der Waals surface area (Å²) in [6.45, 7) is 0.745. The van der Waals surface area contributed by atoms with Crippen molar-refractivity contribution >= 4 is 12.1 Å². The Morgan fingerprint density at radius 2 is 2.40 bits per heavy atom. The van der Waals surface area contributed by atoms with Gasteiger partial charge in [0.05, 0.1) is 5.92 Å². The maximum absolute atomic E-state index is 11.5. The summed E-state index contributed by atoms with van der Waals surface area (Å²) in [7, 11) is 0. The minimum absolute atomic E-state index is 0.0612. The molecule has 5 nitrogen and oxygen atoms in total. The summed E-state index contributed by atoms with van der Waals surface area (Å²) in [6.07, 6.45) is 6.75. The Kier molecular flexibility index (Phi) is 2.07. The number of hydrogen-bond acceptors (Lipinski definition) is 4. The second-order valence-electron chi connectivity index (χ2n) is 4.27. The topological polar surface area (TPSA) is 65.5 Å². The van der Waals surface area contributed by atoms with Gasteiger partial charge >= 0.3 is 0 Å². The van der Waals surface area contributed by atoms with Crippen LogP contribution >= 0.6 is 0 Å². The van der Waals surface area contributed by atoms with E-state index in [0.717, 1.165) is 13.0 Å². The van der Waals surface area contributed by atoms with Gasteiger partial charge in [0.1, 0.15) is 0 Å². The lowest BCUT2D eigenvalue weighted by atomic mass is 9.79. The van der Waals surface area contributed by atoms with Crippen LogP contribution in [0, 0.1) is 11.8 Å². The Labute approximate surface area is 88.0 Å². The van der Waals surface area contributed by atoms with Crippen LogP contribution in [0.25, 0.3) is 0 Å². The molecule has 2 saturated heterocycles. The highest BCUT2D eigenvalue weighted by molar-refractivity contribution is 5.81. The summed E-state index contributed by atoms with van der Waals surface area (Å²) < 4.78 is 0. The molecule has 3 aliphatic rings. The fourth-order valence-corrected chi connectivity index (χ4v) is 2.66. The van der Waals surface area contributed by atoms with Gasteiger partial charge in [-0.1, -0.05) is 0 Å². The summed E-state index contributed by atoms with van der Waals surface area (Å²) in [5.74, 6) is 0.576. The average Bonchev–Trinajstić information content (AvgIpc) is 2.51. The number of carbonyl (C=O) groups is 1. The van der Waals surface area contributed by atoms with E-state index in [0.29, 0.717) is 12.0 Å². The molecule has 0 spiro atoms. The molecular formula is C10H14N4O. The highest BCUT2D eigenvalue weighted by Gasteiger charge is 2.45. The second-order valence-corrected chi connectivity index (χ2v) is 4.27. The molecule has 4 atom stereocenters. The zero-order valence-corrected chi connectivity index (χ0v) is 8.31. The van der Waals surface area contributed by atoms with E-state index < -0.39 is 0 Å². The van der Waals surface area contributed by atoms with Crippen LogP contribution in [0.2, 0.25) is 0 Å². The van der Waals surface area contributed by atoms with Crippen LogP contribution in [0.3, 0.4) is 0 Å². The Balaban J connectivity index is 1.87. The number of hydrazine groups is 1. The Morgan fingerprint density at radius 1 is 1.47 bits per heavy atom. The van der Waals surface area contributed by atoms with E-state index in [1.807, 2.05) is 12.4 Å². The van der Waals surface area contributed by atoms with E-state index in [1.165, 1.54) is 0 Å². The number of nitrogens with one attached hydrogen (secondary N) is 3. The lowest BCUT2D eigenvalue weighted by molar-refractivity contribution is -0.123. The van der Waals surface area contributed by atoms with Crippen LogP contribution in [0.5, 0.6) is 0 Å². The summed E-state index contributed by atoms with van der Waals surface area (Å²) in [6, 6.07) is 0.562. The number of amides is 1. The molecule has 4 unspecified atom stereocenters. The van der Waals surface area contributed by atoms with Crippen LogP contribution in [-0.4, -0.2) is 30.8 Å². The first-order valence-electron chi connectivity index (χ1n) is 5.33. The SMILES string of the molecule is O=C1NNC2C1CNC1C=CN=CCC12. The Morgan fingerprint density at radius 3 is 3.33 bits per heavy atom. The van der Waals surface area contributed by atoms with Crippen LogP contribution in [0.1, 0.15) is 6.42 Å². The summed E-state index contributed by atoms with van der Waals surface area (Å²) >= 11 is 0. The van der Waals surface area contributed by atoms with Crippen LogP contribution in [0.4, 0.5) is 0 Å². The molecule has 2 fully saturated rings. The van der Waals surface area contributed by atoms with Gasteiger partial charge in [-0.25, -0.2) is 5.43 Å². The number of carbonyl (C=O) groups excluding carboxylic acids is 1. The van der Waals surface area contributed by atoms with E-state index in [9.17, 15) is 4.79 Å². The molecular weight excluding hydrogens is 192 g/mol. The summed E-state index contributed by atoms with van der Waals surface area (Å²) in [5.41, 5.74) is 5.82. The molecule has 3 rings (SSSR count). The third-order valence-corrected chi connectivity index (χ3v) is 3.49. The van der Waals surface area contributed by atoms with Crippen LogP contribution < -0.4 is 16.2 Å². The zero-order valence-electron chi connectivity index (χ0n) is 8.31. The molecule has 0 aromatic heterocycles. The van der Waals surface area contributed by atoms with Crippen molar-refractivity contribution < 1.29 is 4.79 Å². The number of piperidine rings is 1. The third kappa shape index (κ3) is 1.39. The molecule has 0 aliphatic carbocycles. The van der Waals surface area contributed by atoms with Gasteiger partial charge in [-0.05, 0) is 12.5 Å². The third-order valence-electron chi connectivity index (χ3n) is 3.49. The average molecular weight is 206 g/mol. The van der Waals surface area contributed by atoms with Crippen molar-refractivity contribution in [3.8, 4) is 0 Å². The quantitative estimate of drug-likeness (QED) is 0.485. The first-order chi connectivity index (χ1) is 7.36. The smallest absolute Gasteiger partial charge is 0.240 e. The molecule has 3 heterocycles. The van der Waals surface area contributed by atoms with Gasteiger partial charge in [-0.15, -0.1) is 0 Å². The van der Waals surface area contributed by atoms with Gasteiger partial charge in [0, 0.05) is 37.0 Å². The molecule has 0 radical (unpaired) electrons. The number of rotatable bonds is 0. The molecule has 0 bridgehead atoms. The normalized spacial score (nSPS) is 43.1. The first-order valence-corrected chi connectivity index (χ1v) is 5.33. The van der Waals surface area contributed by atoms with Crippen molar-refractivity contribution in [3.63, 3.8) is 0 Å². The van der Waals surface area contributed by atoms with Crippen molar-refractivity contribution in [1.29, 1.82) is 0 Å². The van der Waals surface area contributed by atoms with E-state index in [4.69, 9.17) is 0 Å². The lowest BCUT2D eigenvalue weighted by Gasteiger charge is -2.36. The highest BCUT2D eigenvalue weighted by Crippen LogP contribution is 2.28. The summed E-state index contributed by atoms with van der Waals surface area (Å²) in [5, 5.41) is 3.40. The molecule has 15 heavy (non-hydrogen) atoms. The standard InChI is InChI=1S/C10H14N4O/c15-10-7-5-12-8-2-4-11-3-1-6(8)9(7)13-14-10/h2-4,6-9,12-13H,1,5H2,(H,14,15). The number of hydrogen-bond donors (Lipinski definition) is 3. The van der Waals surface area contributed by atoms with Crippen LogP contribution in [-0.2, 0) is 4.79 Å². The minimum atomic E-state index is 0.0612. The fraction of sp³-hybridized carbons (Fsp3) is 0.600. The van der Waals surface area contributed by atoms with Gasteiger partial charge in [0.15, 0.2) is 0 Å². The van der Waals surface area contributed by atoms with E-state index in [1.54, 1.807) is 0 Å². The van der Waals surface area contributed by atoms with Crippen molar-refractivity contribution in [2.75, 3.05) is 6.54 Å². The van der Waals surface area contributed by atoms with Crippen molar-refractivity contribution in [1.82, 2.24) is 16.2 Å². The molecule has 1 amide bonds. The Hall–Kier alpha value is -1.20. The molecule has 0 saturated carbocycles. The predicted molar refractivity (Wildman–Crippen MR) is 56.1 cm³/mol. The van der Waals surface area contributed by atoms with Gasteiger partial charge in [0.25, 0.3) is 0 Å². The highest BCUT2D eigenvalue weighted by atomic mass is 16.2. The van der Waals surface area contributed by atoms with Crippen molar-refractivity contribution in [2.45, 2.75) is 18.5 Å². The minimum Gasteiger partial charge on any atom is -0.309 e. The number of aliphatic imine (C=N–C) groups is 1. The van der Waals surface area contributed by atoms with Crippen molar-refractivity contribution in [2.24, 2.45) is 16.8 Å². The zero-order chi connectivity index (χ0) is 10.3.